The molecule has 0 aromatic heterocycles. The van der Waals surface area contributed by atoms with Gasteiger partial charge in [0.15, 0.2) is 0 Å². The van der Waals surface area contributed by atoms with E-state index in [9.17, 15) is 8.42 Å². The lowest BCUT2D eigenvalue weighted by atomic mass is 10.2. The molecule has 0 atom stereocenters. The second kappa shape index (κ2) is 4.89. The summed E-state index contributed by atoms with van der Waals surface area (Å²) >= 11 is 0. The van der Waals surface area contributed by atoms with Crippen LogP contribution >= 0.6 is 0 Å². The van der Waals surface area contributed by atoms with Crippen LogP contribution in [-0.4, -0.2) is 26.3 Å². The first kappa shape index (κ1) is 13.7. The number of hydrogen-bond donors (Lipinski definition) is 1. The van der Waals surface area contributed by atoms with Crippen LogP contribution in [0.2, 0.25) is 0 Å². The van der Waals surface area contributed by atoms with Crippen molar-refractivity contribution >= 4 is 15.7 Å². The zero-order valence-corrected chi connectivity index (χ0v) is 11.2. The summed E-state index contributed by atoms with van der Waals surface area (Å²) in [4.78, 5) is 0.251. The van der Waals surface area contributed by atoms with Crippen LogP contribution < -0.4 is 5.73 Å². The highest BCUT2D eigenvalue weighted by Crippen LogP contribution is 2.21. The number of hydrogen-bond acceptors (Lipinski definition) is 3. The molecule has 0 saturated heterocycles. The van der Waals surface area contributed by atoms with E-state index in [1.165, 1.54) is 17.4 Å². The highest BCUT2D eigenvalue weighted by molar-refractivity contribution is 7.89. The molecule has 94 valence electrons. The van der Waals surface area contributed by atoms with Gasteiger partial charge in [-0.25, -0.2) is 8.42 Å². The van der Waals surface area contributed by atoms with Crippen molar-refractivity contribution in [3.8, 4) is 0 Å². The van der Waals surface area contributed by atoms with E-state index >= 15 is 0 Å². The SMILES string of the molecule is C=C(C)CN(C)S(=O)(=O)c1cc(N)ccc1C. The van der Waals surface area contributed by atoms with E-state index in [4.69, 9.17) is 5.73 Å². The summed E-state index contributed by atoms with van der Waals surface area (Å²) in [6.45, 7) is 7.55. The molecule has 0 saturated carbocycles. The van der Waals surface area contributed by atoms with Crippen molar-refractivity contribution in [2.24, 2.45) is 0 Å². The van der Waals surface area contributed by atoms with Crippen molar-refractivity contribution in [1.82, 2.24) is 4.31 Å². The van der Waals surface area contributed by atoms with E-state index in [2.05, 4.69) is 6.58 Å². The average molecular weight is 254 g/mol. The van der Waals surface area contributed by atoms with Gasteiger partial charge >= 0.3 is 0 Å². The first-order valence-corrected chi connectivity index (χ1v) is 6.66. The molecule has 0 fully saturated rings. The molecule has 1 rings (SSSR count). The van der Waals surface area contributed by atoms with Crippen LogP contribution in [0, 0.1) is 6.92 Å². The summed E-state index contributed by atoms with van der Waals surface area (Å²) in [5.41, 5.74) is 7.54. The molecular formula is C12H18N2O2S. The van der Waals surface area contributed by atoms with Gasteiger partial charge in [0.1, 0.15) is 0 Å². The molecule has 1 aromatic rings. The van der Waals surface area contributed by atoms with Gasteiger partial charge in [0, 0.05) is 19.3 Å². The second-order valence-corrected chi connectivity index (χ2v) is 6.26. The van der Waals surface area contributed by atoms with Crippen molar-refractivity contribution in [2.45, 2.75) is 18.7 Å². The van der Waals surface area contributed by atoms with E-state index in [0.29, 0.717) is 17.8 Å². The Bertz CT molecular complexity index is 535. The summed E-state index contributed by atoms with van der Waals surface area (Å²) in [7, 11) is -1.96. The molecule has 4 nitrogen and oxygen atoms in total. The number of sulfonamides is 1. The smallest absolute Gasteiger partial charge is 0.243 e. The van der Waals surface area contributed by atoms with Crippen LogP contribution in [0.1, 0.15) is 12.5 Å². The number of nitrogen functional groups attached to an aromatic ring is 1. The van der Waals surface area contributed by atoms with E-state index < -0.39 is 10.0 Å². The third kappa shape index (κ3) is 3.08. The standard InChI is InChI=1S/C12H18N2O2S/c1-9(2)8-14(4)17(15,16)12-7-11(13)6-5-10(12)3/h5-7H,1,8,13H2,2-4H3. The molecule has 0 heterocycles. The molecule has 0 unspecified atom stereocenters. The molecule has 0 spiro atoms. The lowest BCUT2D eigenvalue weighted by Gasteiger charge is -2.18. The maximum absolute atomic E-state index is 12.3. The van der Waals surface area contributed by atoms with Crippen molar-refractivity contribution in [2.75, 3.05) is 19.3 Å². The summed E-state index contributed by atoms with van der Waals surface area (Å²) in [5.74, 6) is 0. The molecule has 0 radical (unpaired) electrons. The molecule has 2 N–H and O–H groups in total. The molecule has 1 aromatic carbocycles. The van der Waals surface area contributed by atoms with Gasteiger partial charge in [-0.05, 0) is 31.5 Å². The minimum absolute atomic E-state index is 0.251. The Morgan fingerprint density at radius 2 is 2.06 bits per heavy atom. The van der Waals surface area contributed by atoms with Crippen molar-refractivity contribution in [3.05, 3.63) is 35.9 Å². The van der Waals surface area contributed by atoms with Crippen LogP contribution in [0.3, 0.4) is 0 Å². The van der Waals surface area contributed by atoms with Crippen LogP contribution in [0.4, 0.5) is 5.69 Å². The van der Waals surface area contributed by atoms with Gasteiger partial charge in [0.05, 0.1) is 4.90 Å². The lowest BCUT2D eigenvalue weighted by Crippen LogP contribution is -2.29. The van der Waals surface area contributed by atoms with Crippen LogP contribution in [0.5, 0.6) is 0 Å². The predicted octanol–water partition coefficient (Wildman–Crippen LogP) is 1.77. The first-order valence-electron chi connectivity index (χ1n) is 5.22. The van der Waals surface area contributed by atoms with Gasteiger partial charge in [-0.2, -0.15) is 4.31 Å². The Balaban J connectivity index is 3.21. The highest BCUT2D eigenvalue weighted by Gasteiger charge is 2.22. The number of benzene rings is 1. The van der Waals surface area contributed by atoms with E-state index in [-0.39, 0.29) is 4.90 Å². The average Bonchev–Trinajstić information content (AvgIpc) is 2.20. The highest BCUT2D eigenvalue weighted by atomic mass is 32.2. The Morgan fingerprint density at radius 1 is 1.47 bits per heavy atom. The summed E-state index contributed by atoms with van der Waals surface area (Å²) in [6, 6.07) is 4.88. The van der Waals surface area contributed by atoms with Crippen molar-refractivity contribution in [1.29, 1.82) is 0 Å². The van der Waals surface area contributed by atoms with Crippen LogP contribution in [0.15, 0.2) is 35.2 Å². The molecule has 0 bridgehead atoms. The number of nitrogens with two attached hydrogens (primary N) is 1. The number of anilines is 1. The fraction of sp³-hybridized carbons (Fsp3) is 0.333. The minimum atomic E-state index is -3.49. The minimum Gasteiger partial charge on any atom is -0.399 e. The molecule has 0 aliphatic carbocycles. The third-order valence-corrected chi connectivity index (χ3v) is 4.34. The first-order chi connectivity index (χ1) is 7.75. The molecule has 0 amide bonds. The topological polar surface area (TPSA) is 63.4 Å². The Labute approximate surface area is 103 Å². The zero-order valence-electron chi connectivity index (χ0n) is 10.4. The fourth-order valence-corrected chi connectivity index (χ4v) is 3.01. The monoisotopic (exact) mass is 254 g/mol. The van der Waals surface area contributed by atoms with E-state index in [1.54, 1.807) is 26.0 Å². The van der Waals surface area contributed by atoms with E-state index in [0.717, 1.165) is 5.57 Å². The Hall–Kier alpha value is -1.33. The lowest BCUT2D eigenvalue weighted by molar-refractivity contribution is 0.492. The largest absolute Gasteiger partial charge is 0.399 e. The molecule has 0 aliphatic heterocycles. The summed E-state index contributed by atoms with van der Waals surface area (Å²) in [5, 5.41) is 0. The number of rotatable bonds is 4. The van der Waals surface area contributed by atoms with E-state index in [1.807, 2.05) is 0 Å². The molecule has 0 aliphatic rings. The summed E-state index contributed by atoms with van der Waals surface area (Å²) < 4.78 is 25.8. The zero-order chi connectivity index (χ0) is 13.2. The molecule has 17 heavy (non-hydrogen) atoms. The Kier molecular flexibility index (Phi) is 3.95. The number of aryl methyl sites for hydroxylation is 1. The third-order valence-electron chi connectivity index (χ3n) is 2.39. The Morgan fingerprint density at radius 3 is 2.59 bits per heavy atom. The number of likely N-dealkylation sites (N-methyl/N-ethyl adjacent to an activating group) is 1. The van der Waals surface area contributed by atoms with Crippen LogP contribution in [-0.2, 0) is 10.0 Å². The van der Waals surface area contributed by atoms with Crippen molar-refractivity contribution < 1.29 is 8.42 Å². The quantitative estimate of drug-likeness (QED) is 0.658. The van der Waals surface area contributed by atoms with Gasteiger partial charge < -0.3 is 5.73 Å². The van der Waals surface area contributed by atoms with Crippen LogP contribution in [0.25, 0.3) is 0 Å². The normalized spacial score (nSPS) is 11.8. The van der Waals surface area contributed by atoms with Gasteiger partial charge in [-0.3, -0.25) is 0 Å². The fourth-order valence-electron chi connectivity index (χ4n) is 1.53. The van der Waals surface area contributed by atoms with Gasteiger partial charge in [-0.15, -0.1) is 0 Å². The van der Waals surface area contributed by atoms with Gasteiger partial charge in [-0.1, -0.05) is 18.2 Å². The number of nitrogens with zero attached hydrogens (tertiary/aromatic N) is 1. The second-order valence-electron chi connectivity index (χ2n) is 4.24. The summed E-state index contributed by atoms with van der Waals surface area (Å²) in [6.07, 6.45) is 0. The van der Waals surface area contributed by atoms with Crippen molar-refractivity contribution in [3.63, 3.8) is 0 Å². The maximum atomic E-state index is 12.3. The molecular weight excluding hydrogens is 236 g/mol. The van der Waals surface area contributed by atoms with Gasteiger partial charge in [0.25, 0.3) is 0 Å². The van der Waals surface area contributed by atoms with Gasteiger partial charge in [0.2, 0.25) is 10.0 Å². The predicted molar refractivity (Wildman–Crippen MR) is 70.2 cm³/mol. The molecule has 5 heteroatoms. The maximum Gasteiger partial charge on any atom is 0.243 e.